The quantitative estimate of drug-likeness (QED) is 0.901. The van der Waals surface area contributed by atoms with Crippen molar-refractivity contribution in [2.45, 2.75) is 45.4 Å². The minimum atomic E-state index is 0.338. The topological polar surface area (TPSA) is 24.5 Å². The van der Waals surface area contributed by atoms with E-state index in [1.165, 1.54) is 12.1 Å². The van der Waals surface area contributed by atoms with Gasteiger partial charge in [-0.3, -0.25) is 0 Å². The molecule has 1 heterocycles. The Morgan fingerprint density at radius 1 is 1.45 bits per heavy atom. The van der Waals surface area contributed by atoms with E-state index < -0.39 is 0 Å². The summed E-state index contributed by atoms with van der Waals surface area (Å²) in [4.78, 5) is 2.36. The van der Waals surface area contributed by atoms with Crippen molar-refractivity contribution in [2.75, 3.05) is 25.1 Å². The highest BCUT2D eigenvalue weighted by Gasteiger charge is 2.20. The first-order valence-corrected chi connectivity index (χ1v) is 7.77. The highest BCUT2D eigenvalue weighted by molar-refractivity contribution is 6.31. The zero-order valence-electron chi connectivity index (χ0n) is 12.7. The van der Waals surface area contributed by atoms with E-state index in [0.29, 0.717) is 12.1 Å². The largest absolute Gasteiger partial charge is 0.380 e. The second-order valence-corrected chi connectivity index (χ2v) is 6.16. The molecule has 20 heavy (non-hydrogen) atoms. The van der Waals surface area contributed by atoms with Crippen LogP contribution in [0.4, 0.5) is 5.69 Å². The van der Waals surface area contributed by atoms with Crippen LogP contribution in [0.1, 0.15) is 32.3 Å². The van der Waals surface area contributed by atoms with Gasteiger partial charge in [0.2, 0.25) is 0 Å². The van der Waals surface area contributed by atoms with Gasteiger partial charge in [-0.05, 0) is 30.5 Å². The van der Waals surface area contributed by atoms with Crippen molar-refractivity contribution in [3.63, 3.8) is 0 Å². The molecule has 1 atom stereocenters. The number of rotatable bonds is 5. The van der Waals surface area contributed by atoms with Crippen molar-refractivity contribution in [1.29, 1.82) is 0 Å². The van der Waals surface area contributed by atoms with Crippen molar-refractivity contribution in [3.05, 3.63) is 28.8 Å². The monoisotopic (exact) mass is 296 g/mol. The SMILES string of the molecule is COC1CCCN(c2ccc(CNC(C)C)c(Cl)c2)C1. The Labute approximate surface area is 127 Å². The fraction of sp³-hybridized carbons (Fsp3) is 0.625. The lowest BCUT2D eigenvalue weighted by Gasteiger charge is -2.33. The third kappa shape index (κ3) is 4.11. The molecule has 1 fully saturated rings. The average molecular weight is 297 g/mol. The van der Waals surface area contributed by atoms with Gasteiger partial charge in [0, 0.05) is 43.5 Å². The number of hydrogen-bond donors (Lipinski definition) is 1. The molecule has 1 unspecified atom stereocenters. The summed E-state index contributed by atoms with van der Waals surface area (Å²) >= 11 is 6.40. The summed E-state index contributed by atoms with van der Waals surface area (Å²) in [6, 6.07) is 6.84. The second-order valence-electron chi connectivity index (χ2n) is 5.76. The van der Waals surface area contributed by atoms with Crippen LogP contribution >= 0.6 is 11.6 Å². The summed E-state index contributed by atoms with van der Waals surface area (Å²) in [6.45, 7) is 7.13. The molecule has 2 rings (SSSR count). The van der Waals surface area contributed by atoms with E-state index >= 15 is 0 Å². The molecule has 0 aromatic heterocycles. The summed E-state index contributed by atoms with van der Waals surface area (Å²) in [7, 11) is 1.79. The minimum Gasteiger partial charge on any atom is -0.380 e. The van der Waals surface area contributed by atoms with Crippen molar-refractivity contribution < 1.29 is 4.74 Å². The first kappa shape index (κ1) is 15.6. The maximum Gasteiger partial charge on any atom is 0.0746 e. The van der Waals surface area contributed by atoms with Gasteiger partial charge in [0.15, 0.2) is 0 Å². The van der Waals surface area contributed by atoms with Gasteiger partial charge in [0.05, 0.1) is 6.10 Å². The van der Waals surface area contributed by atoms with Crippen LogP contribution in [0.5, 0.6) is 0 Å². The fourth-order valence-corrected chi connectivity index (χ4v) is 2.80. The molecular weight excluding hydrogens is 272 g/mol. The lowest BCUT2D eigenvalue weighted by Crippen LogP contribution is -2.39. The van der Waals surface area contributed by atoms with E-state index in [1.807, 2.05) is 0 Å². The van der Waals surface area contributed by atoms with Crippen LogP contribution in [0.25, 0.3) is 0 Å². The Morgan fingerprint density at radius 3 is 2.90 bits per heavy atom. The maximum absolute atomic E-state index is 6.40. The third-order valence-corrected chi connectivity index (χ3v) is 4.17. The first-order valence-electron chi connectivity index (χ1n) is 7.39. The molecule has 1 aliphatic rings. The van der Waals surface area contributed by atoms with Crippen LogP contribution < -0.4 is 10.2 Å². The Bertz CT molecular complexity index is 436. The molecule has 0 radical (unpaired) electrons. The van der Waals surface area contributed by atoms with Gasteiger partial charge >= 0.3 is 0 Å². The second kappa shape index (κ2) is 7.30. The van der Waals surface area contributed by atoms with Crippen molar-refractivity contribution >= 4 is 17.3 Å². The molecule has 112 valence electrons. The molecule has 1 aromatic carbocycles. The van der Waals surface area contributed by atoms with E-state index in [-0.39, 0.29) is 0 Å². The number of methoxy groups -OCH3 is 1. The molecule has 1 saturated heterocycles. The molecule has 3 nitrogen and oxygen atoms in total. The van der Waals surface area contributed by atoms with Crippen molar-refractivity contribution in [2.24, 2.45) is 0 Å². The van der Waals surface area contributed by atoms with Gasteiger partial charge in [0.1, 0.15) is 0 Å². The molecule has 4 heteroatoms. The van der Waals surface area contributed by atoms with Crippen LogP contribution in [0.3, 0.4) is 0 Å². The number of nitrogens with zero attached hydrogens (tertiary/aromatic N) is 1. The van der Waals surface area contributed by atoms with Gasteiger partial charge in [-0.15, -0.1) is 0 Å². The van der Waals surface area contributed by atoms with Gasteiger partial charge < -0.3 is 15.0 Å². The molecule has 1 N–H and O–H groups in total. The lowest BCUT2D eigenvalue weighted by atomic mass is 10.1. The van der Waals surface area contributed by atoms with Crippen LogP contribution in [0.15, 0.2) is 18.2 Å². The smallest absolute Gasteiger partial charge is 0.0746 e. The van der Waals surface area contributed by atoms with Crippen LogP contribution in [0.2, 0.25) is 5.02 Å². The number of piperidine rings is 1. The highest BCUT2D eigenvalue weighted by atomic mass is 35.5. The number of hydrogen-bond acceptors (Lipinski definition) is 3. The van der Waals surface area contributed by atoms with Crippen LogP contribution in [-0.2, 0) is 11.3 Å². The average Bonchev–Trinajstić information content (AvgIpc) is 2.46. The lowest BCUT2D eigenvalue weighted by molar-refractivity contribution is 0.0893. The Kier molecular flexibility index (Phi) is 5.70. The Balaban J connectivity index is 2.04. The van der Waals surface area contributed by atoms with Crippen LogP contribution in [-0.4, -0.2) is 32.3 Å². The normalized spacial score (nSPS) is 19.6. The van der Waals surface area contributed by atoms with E-state index in [1.54, 1.807) is 7.11 Å². The predicted octanol–water partition coefficient (Wildman–Crippen LogP) is 3.45. The summed E-state index contributed by atoms with van der Waals surface area (Å²) in [5.41, 5.74) is 2.36. The van der Waals surface area contributed by atoms with E-state index in [2.05, 4.69) is 42.3 Å². The summed E-state index contributed by atoms with van der Waals surface area (Å²) in [5.74, 6) is 0. The van der Waals surface area contributed by atoms with Crippen molar-refractivity contribution in [3.8, 4) is 0 Å². The number of nitrogens with one attached hydrogen (secondary N) is 1. The fourth-order valence-electron chi connectivity index (χ4n) is 2.56. The number of halogens is 1. The summed E-state index contributed by atoms with van der Waals surface area (Å²) < 4.78 is 5.48. The molecule has 0 amide bonds. The van der Waals surface area contributed by atoms with E-state index in [0.717, 1.165) is 36.6 Å². The highest BCUT2D eigenvalue weighted by Crippen LogP contribution is 2.26. The number of ether oxygens (including phenoxy) is 1. The van der Waals surface area contributed by atoms with Gasteiger partial charge in [-0.1, -0.05) is 31.5 Å². The Hall–Kier alpha value is -0.770. The zero-order valence-corrected chi connectivity index (χ0v) is 13.4. The minimum absolute atomic E-state index is 0.338. The number of benzene rings is 1. The zero-order chi connectivity index (χ0) is 14.5. The van der Waals surface area contributed by atoms with Gasteiger partial charge in [-0.25, -0.2) is 0 Å². The molecule has 1 aliphatic heterocycles. The summed E-state index contributed by atoms with van der Waals surface area (Å²) in [6.07, 6.45) is 2.66. The molecule has 0 aliphatic carbocycles. The summed E-state index contributed by atoms with van der Waals surface area (Å²) in [5, 5.41) is 4.24. The standard InChI is InChI=1S/C16H25ClN2O/c1-12(2)18-10-13-6-7-14(9-16(13)17)19-8-4-5-15(11-19)20-3/h6-7,9,12,15,18H,4-5,8,10-11H2,1-3H3. The number of anilines is 1. The van der Waals surface area contributed by atoms with E-state index in [4.69, 9.17) is 16.3 Å². The van der Waals surface area contributed by atoms with Crippen molar-refractivity contribution in [1.82, 2.24) is 5.32 Å². The molecule has 1 aromatic rings. The predicted molar refractivity (Wildman–Crippen MR) is 85.7 cm³/mol. The van der Waals surface area contributed by atoms with Gasteiger partial charge in [0.25, 0.3) is 0 Å². The third-order valence-electron chi connectivity index (χ3n) is 3.81. The molecular formula is C16H25ClN2O. The van der Waals surface area contributed by atoms with E-state index in [9.17, 15) is 0 Å². The Morgan fingerprint density at radius 2 is 2.25 bits per heavy atom. The van der Waals surface area contributed by atoms with Gasteiger partial charge in [-0.2, -0.15) is 0 Å². The maximum atomic E-state index is 6.40. The molecule has 0 saturated carbocycles. The first-order chi connectivity index (χ1) is 9.60. The molecule has 0 bridgehead atoms. The molecule has 0 spiro atoms. The van der Waals surface area contributed by atoms with Crippen LogP contribution in [0, 0.1) is 0 Å².